The van der Waals surface area contributed by atoms with Crippen molar-refractivity contribution in [2.75, 3.05) is 6.61 Å². The maximum atomic E-state index is 9.76. The Hall–Kier alpha value is -1.11. The zero-order valence-corrected chi connectivity index (χ0v) is 6.62. The molecule has 7 heteroatoms. The summed E-state index contributed by atoms with van der Waals surface area (Å²) in [5.74, 6) is 0. The third-order valence-electron chi connectivity index (χ3n) is 1.07. The molecule has 0 heterocycles. The second-order valence-electron chi connectivity index (χ2n) is 1.97. The molecule has 0 aliphatic heterocycles. The van der Waals surface area contributed by atoms with Crippen LogP contribution in [0.3, 0.4) is 0 Å². The van der Waals surface area contributed by atoms with Crippen molar-refractivity contribution in [2.45, 2.75) is 18.3 Å². The lowest BCUT2D eigenvalue weighted by Gasteiger charge is -2.16. The largest absolute Gasteiger partial charge is 0.394 e. The first-order valence-corrected chi connectivity index (χ1v) is 3.19. The molecule has 0 bridgehead atoms. The van der Waals surface area contributed by atoms with Crippen LogP contribution in [-0.2, 0) is 9.59 Å². The lowest BCUT2D eigenvalue weighted by molar-refractivity contribution is -0.127. The van der Waals surface area contributed by atoms with Crippen molar-refractivity contribution in [1.82, 2.24) is 0 Å². The maximum absolute atomic E-state index is 9.76. The van der Waals surface area contributed by atoms with Gasteiger partial charge in [0.25, 0.3) is 0 Å². The Morgan fingerprint density at radius 3 is 2.00 bits per heavy atom. The Morgan fingerprint density at radius 1 is 1.38 bits per heavy atom. The van der Waals surface area contributed by atoms with E-state index < -0.39 is 24.9 Å². The fourth-order valence-corrected chi connectivity index (χ4v) is 0.416. The van der Waals surface area contributed by atoms with Crippen LogP contribution in [0.1, 0.15) is 0 Å². The Morgan fingerprint density at radius 2 is 1.77 bits per heavy atom. The Bertz CT molecular complexity index is 167. The van der Waals surface area contributed by atoms with E-state index in [2.05, 4.69) is 0 Å². The lowest BCUT2D eigenvalue weighted by Crippen LogP contribution is -2.40. The minimum atomic E-state index is -1.64. The Kier molecular flexibility index (Phi) is 9.96. The first-order chi connectivity index (χ1) is 6.04. The lowest BCUT2D eigenvalue weighted by atomic mass is 10.1. The highest BCUT2D eigenvalue weighted by atomic mass is 16.4. The SMILES string of the molecule is N=C=O.O=CC(O)C(O)C(O)CO. The normalized spacial score (nSPS) is 15.7. The second-order valence-corrected chi connectivity index (χ2v) is 1.97. The molecule has 0 radical (unpaired) electrons. The fraction of sp³-hybridized carbons (Fsp3) is 0.667. The molecule has 0 amide bonds. The number of carbonyl (C=O) groups is 1. The van der Waals surface area contributed by atoms with Crippen LogP contribution in [0.2, 0.25) is 0 Å². The molecule has 0 aliphatic carbocycles. The van der Waals surface area contributed by atoms with Crippen LogP contribution in [0, 0.1) is 5.41 Å². The number of hydrogen-bond donors (Lipinski definition) is 5. The number of nitrogens with one attached hydrogen (secondary N) is 1. The van der Waals surface area contributed by atoms with Crippen molar-refractivity contribution in [2.24, 2.45) is 0 Å². The summed E-state index contributed by atoms with van der Waals surface area (Å²) in [4.78, 5) is 18.1. The van der Waals surface area contributed by atoms with Gasteiger partial charge in [-0.15, -0.1) is 0 Å². The number of hydrogen-bond acceptors (Lipinski definition) is 7. The smallest absolute Gasteiger partial charge is 0.231 e. The molecule has 0 spiro atoms. The van der Waals surface area contributed by atoms with Crippen LogP contribution in [0.4, 0.5) is 0 Å². The summed E-state index contributed by atoms with van der Waals surface area (Å²) in [5, 5.41) is 39.5. The van der Waals surface area contributed by atoms with Gasteiger partial charge in [0.1, 0.15) is 18.3 Å². The van der Waals surface area contributed by atoms with E-state index in [-0.39, 0.29) is 6.29 Å². The van der Waals surface area contributed by atoms with Crippen molar-refractivity contribution in [3.63, 3.8) is 0 Å². The van der Waals surface area contributed by atoms with Gasteiger partial charge in [0, 0.05) is 0 Å². The number of aliphatic hydroxyl groups is 4. The average Bonchev–Trinajstić information content (AvgIpc) is 2.15. The van der Waals surface area contributed by atoms with E-state index in [0.717, 1.165) is 6.08 Å². The van der Waals surface area contributed by atoms with Crippen molar-refractivity contribution in [1.29, 1.82) is 5.41 Å². The van der Waals surface area contributed by atoms with Gasteiger partial charge >= 0.3 is 0 Å². The minimum Gasteiger partial charge on any atom is -0.394 e. The van der Waals surface area contributed by atoms with Crippen molar-refractivity contribution < 1.29 is 30.0 Å². The maximum Gasteiger partial charge on any atom is 0.231 e. The summed E-state index contributed by atoms with van der Waals surface area (Å²) in [6, 6.07) is 0. The summed E-state index contributed by atoms with van der Waals surface area (Å²) in [5.41, 5.74) is 0. The molecular formula is C6H11NO6. The zero-order valence-electron chi connectivity index (χ0n) is 6.62. The standard InChI is InChI=1S/C5H10O5.CHNO/c6-1-3(8)5(10)4(9)2-7;2-1-3/h1,3-5,7-10H,2H2;2H. The van der Waals surface area contributed by atoms with Gasteiger partial charge < -0.3 is 25.2 Å². The monoisotopic (exact) mass is 193 g/mol. The van der Waals surface area contributed by atoms with Gasteiger partial charge in [-0.2, -0.15) is 0 Å². The molecule has 0 saturated carbocycles. The number of isocyanates is 1. The minimum absolute atomic E-state index is 0.0869. The molecule has 76 valence electrons. The van der Waals surface area contributed by atoms with Crippen LogP contribution in [0.5, 0.6) is 0 Å². The molecule has 0 aromatic rings. The second kappa shape index (κ2) is 8.98. The van der Waals surface area contributed by atoms with E-state index in [1.165, 1.54) is 0 Å². The van der Waals surface area contributed by atoms with Crippen molar-refractivity contribution in [3.8, 4) is 0 Å². The Labute approximate surface area is 73.8 Å². The van der Waals surface area contributed by atoms with E-state index in [0.29, 0.717) is 0 Å². The third kappa shape index (κ3) is 7.26. The fourth-order valence-electron chi connectivity index (χ4n) is 0.416. The van der Waals surface area contributed by atoms with E-state index in [1.807, 2.05) is 0 Å². The molecule has 0 aromatic carbocycles. The summed E-state index contributed by atoms with van der Waals surface area (Å²) in [6.07, 6.45) is -3.88. The predicted octanol–water partition coefficient (Wildman–Crippen LogP) is -2.84. The summed E-state index contributed by atoms with van der Waals surface area (Å²) < 4.78 is 0. The quantitative estimate of drug-likeness (QED) is 0.185. The third-order valence-corrected chi connectivity index (χ3v) is 1.07. The first kappa shape index (κ1) is 14.4. The Balaban J connectivity index is 0. The molecule has 0 aliphatic rings. The zero-order chi connectivity index (χ0) is 10.9. The molecule has 3 atom stereocenters. The molecule has 7 nitrogen and oxygen atoms in total. The summed E-state index contributed by atoms with van der Waals surface area (Å²) in [6.45, 7) is -0.688. The van der Waals surface area contributed by atoms with Crippen LogP contribution in [0.15, 0.2) is 0 Å². The number of aliphatic hydroxyl groups excluding tert-OH is 4. The van der Waals surface area contributed by atoms with E-state index in [4.69, 9.17) is 30.6 Å². The van der Waals surface area contributed by atoms with Gasteiger partial charge in [-0.25, -0.2) is 10.2 Å². The molecular weight excluding hydrogens is 182 g/mol. The highest BCUT2D eigenvalue weighted by Crippen LogP contribution is 1.96. The van der Waals surface area contributed by atoms with Crippen molar-refractivity contribution in [3.05, 3.63) is 0 Å². The average molecular weight is 193 g/mol. The molecule has 5 N–H and O–H groups in total. The molecule has 0 aromatic heterocycles. The van der Waals surface area contributed by atoms with Crippen LogP contribution >= 0.6 is 0 Å². The van der Waals surface area contributed by atoms with Crippen LogP contribution < -0.4 is 0 Å². The van der Waals surface area contributed by atoms with Gasteiger partial charge in [0.05, 0.1) is 6.61 Å². The molecule has 3 unspecified atom stereocenters. The van der Waals surface area contributed by atoms with E-state index in [9.17, 15) is 4.79 Å². The van der Waals surface area contributed by atoms with Crippen LogP contribution in [0.25, 0.3) is 0 Å². The first-order valence-electron chi connectivity index (χ1n) is 3.19. The van der Waals surface area contributed by atoms with E-state index in [1.54, 1.807) is 0 Å². The summed E-state index contributed by atoms with van der Waals surface area (Å²) in [7, 11) is 0. The molecule has 13 heavy (non-hydrogen) atoms. The van der Waals surface area contributed by atoms with Gasteiger partial charge in [0.15, 0.2) is 6.29 Å². The molecule has 0 rings (SSSR count). The summed E-state index contributed by atoms with van der Waals surface area (Å²) >= 11 is 0. The van der Waals surface area contributed by atoms with E-state index >= 15 is 0 Å². The topological polar surface area (TPSA) is 139 Å². The highest BCUT2D eigenvalue weighted by Gasteiger charge is 2.22. The van der Waals surface area contributed by atoms with Crippen LogP contribution in [-0.4, -0.2) is 57.7 Å². The number of carbonyl (C=O) groups excluding carboxylic acids is 2. The molecule has 0 fully saturated rings. The number of aldehydes is 1. The van der Waals surface area contributed by atoms with Gasteiger partial charge in [-0.3, -0.25) is 0 Å². The molecule has 0 saturated heterocycles. The van der Waals surface area contributed by atoms with Gasteiger partial charge in [0.2, 0.25) is 6.08 Å². The highest BCUT2D eigenvalue weighted by molar-refractivity contribution is 5.56. The van der Waals surface area contributed by atoms with Gasteiger partial charge in [-0.05, 0) is 0 Å². The van der Waals surface area contributed by atoms with Gasteiger partial charge in [-0.1, -0.05) is 0 Å². The van der Waals surface area contributed by atoms with Crippen molar-refractivity contribution >= 4 is 12.4 Å². The predicted molar refractivity (Wildman–Crippen MR) is 39.6 cm³/mol. The number of rotatable bonds is 4.